The molecule has 0 unspecified atom stereocenters. The van der Waals surface area contributed by atoms with Crippen LogP contribution in [0.4, 0.5) is 0 Å². The highest BCUT2D eigenvalue weighted by Gasteiger charge is 2.22. The molecule has 0 saturated heterocycles. The minimum atomic E-state index is -2.26. The zero-order valence-corrected chi connectivity index (χ0v) is 16.5. The average Bonchev–Trinajstić information content (AvgIpc) is 3.36. The molecule has 0 atom stereocenters. The Balaban J connectivity index is 1.70. The van der Waals surface area contributed by atoms with E-state index in [2.05, 4.69) is 47.9 Å². The van der Waals surface area contributed by atoms with Crippen LogP contribution in [0.1, 0.15) is 46.6 Å². The second-order valence-corrected chi connectivity index (χ2v) is 8.17. The molecule has 1 aromatic carbocycles. The zero-order valence-electron chi connectivity index (χ0n) is 19.5. The SMILES string of the molecule is [2H]C([2H])([2H])c1ccc2c(n1)oc1ccc(C)c(-c3cc(CC4CCCC4)cc[n+]3C)c12. The van der Waals surface area contributed by atoms with Crippen molar-refractivity contribution in [3.8, 4) is 11.3 Å². The zero-order chi connectivity index (χ0) is 21.8. The summed E-state index contributed by atoms with van der Waals surface area (Å²) in [5.41, 5.74) is 5.95. The molecular weight excluding hydrogens is 344 g/mol. The third-order valence-corrected chi connectivity index (χ3v) is 6.18. The number of furan rings is 1. The Bertz CT molecular complexity index is 1280. The van der Waals surface area contributed by atoms with E-state index >= 15 is 0 Å². The number of benzene rings is 1. The van der Waals surface area contributed by atoms with Crippen LogP contribution < -0.4 is 4.57 Å². The number of fused-ring (bicyclic) bond motifs is 3. The fourth-order valence-electron chi connectivity index (χ4n) is 4.72. The summed E-state index contributed by atoms with van der Waals surface area (Å²) in [6, 6.07) is 12.0. The molecule has 3 nitrogen and oxygen atoms in total. The smallest absolute Gasteiger partial charge is 0.227 e. The summed E-state index contributed by atoms with van der Waals surface area (Å²) in [4.78, 5) is 4.32. The maximum Gasteiger partial charge on any atom is 0.227 e. The van der Waals surface area contributed by atoms with Crippen molar-refractivity contribution in [2.24, 2.45) is 13.0 Å². The molecule has 0 bridgehead atoms. The van der Waals surface area contributed by atoms with Gasteiger partial charge in [0.2, 0.25) is 11.4 Å². The predicted molar refractivity (Wildman–Crippen MR) is 113 cm³/mol. The highest BCUT2D eigenvalue weighted by Crippen LogP contribution is 2.37. The highest BCUT2D eigenvalue weighted by molar-refractivity contribution is 6.11. The Morgan fingerprint density at radius 3 is 2.86 bits per heavy atom. The van der Waals surface area contributed by atoms with E-state index in [1.807, 2.05) is 12.1 Å². The van der Waals surface area contributed by atoms with E-state index in [0.717, 1.165) is 45.5 Å². The summed E-state index contributed by atoms with van der Waals surface area (Å²) < 4.78 is 31.2. The molecule has 1 saturated carbocycles. The molecule has 3 heteroatoms. The minimum absolute atomic E-state index is 0.0569. The van der Waals surface area contributed by atoms with Gasteiger partial charge in [0.1, 0.15) is 12.6 Å². The summed E-state index contributed by atoms with van der Waals surface area (Å²) >= 11 is 0. The van der Waals surface area contributed by atoms with E-state index in [4.69, 9.17) is 8.53 Å². The van der Waals surface area contributed by atoms with Crippen LogP contribution in [0.2, 0.25) is 0 Å². The number of hydrogen-bond donors (Lipinski definition) is 0. The Kier molecular flexibility index (Phi) is 3.45. The topological polar surface area (TPSA) is 29.9 Å². The van der Waals surface area contributed by atoms with Crippen LogP contribution in [0.5, 0.6) is 0 Å². The van der Waals surface area contributed by atoms with Gasteiger partial charge < -0.3 is 4.42 Å². The van der Waals surface area contributed by atoms with Crippen LogP contribution in [-0.4, -0.2) is 4.98 Å². The van der Waals surface area contributed by atoms with E-state index in [9.17, 15) is 0 Å². The number of aryl methyl sites for hydroxylation is 3. The van der Waals surface area contributed by atoms with Crippen molar-refractivity contribution in [2.75, 3.05) is 0 Å². The van der Waals surface area contributed by atoms with E-state index in [1.54, 1.807) is 6.07 Å². The quantitative estimate of drug-likeness (QED) is 0.423. The fraction of sp³-hybridized carbons (Fsp3) is 0.360. The molecule has 1 aliphatic rings. The molecule has 0 radical (unpaired) electrons. The molecule has 5 rings (SSSR count). The normalized spacial score (nSPS) is 17.1. The molecule has 4 aromatic rings. The van der Waals surface area contributed by atoms with Gasteiger partial charge in [-0.3, -0.25) is 0 Å². The molecule has 3 aromatic heterocycles. The number of hydrogen-bond acceptors (Lipinski definition) is 2. The molecule has 0 aliphatic heterocycles. The van der Waals surface area contributed by atoms with Crippen LogP contribution in [0.3, 0.4) is 0 Å². The molecule has 0 amide bonds. The van der Waals surface area contributed by atoms with Crippen molar-refractivity contribution >= 4 is 22.1 Å². The van der Waals surface area contributed by atoms with Crippen LogP contribution >= 0.6 is 0 Å². The Hall–Kier alpha value is -2.68. The van der Waals surface area contributed by atoms with Gasteiger partial charge in [0, 0.05) is 32.7 Å². The lowest BCUT2D eigenvalue weighted by Gasteiger charge is -2.11. The summed E-state index contributed by atoms with van der Waals surface area (Å²) in [5.74, 6) is 0.787. The first-order valence-electron chi connectivity index (χ1n) is 11.6. The molecule has 1 fully saturated rings. The monoisotopic (exact) mass is 374 g/mol. The van der Waals surface area contributed by atoms with Crippen molar-refractivity contribution in [1.82, 2.24) is 4.98 Å². The van der Waals surface area contributed by atoms with E-state index < -0.39 is 6.85 Å². The first kappa shape index (κ1) is 14.3. The maximum atomic E-state index is 7.66. The average molecular weight is 375 g/mol. The number of nitrogens with zero attached hydrogens (tertiary/aromatic N) is 2. The number of rotatable bonds is 3. The van der Waals surface area contributed by atoms with E-state index in [0.29, 0.717) is 5.71 Å². The second-order valence-electron chi connectivity index (χ2n) is 8.17. The summed E-state index contributed by atoms with van der Waals surface area (Å²) in [6.45, 7) is -0.144. The molecule has 142 valence electrons. The van der Waals surface area contributed by atoms with Gasteiger partial charge in [-0.2, -0.15) is 0 Å². The van der Waals surface area contributed by atoms with Gasteiger partial charge in [-0.15, -0.1) is 0 Å². The molecule has 28 heavy (non-hydrogen) atoms. The van der Waals surface area contributed by atoms with Crippen LogP contribution in [0, 0.1) is 19.7 Å². The molecule has 0 spiro atoms. The Morgan fingerprint density at radius 1 is 1.18 bits per heavy atom. The first-order chi connectivity index (χ1) is 14.8. The van der Waals surface area contributed by atoms with Crippen molar-refractivity contribution in [2.45, 2.75) is 45.9 Å². The lowest BCUT2D eigenvalue weighted by atomic mass is 9.94. The predicted octanol–water partition coefficient (Wildman–Crippen LogP) is 5.82. The van der Waals surface area contributed by atoms with Crippen molar-refractivity contribution in [3.05, 3.63) is 59.4 Å². The van der Waals surface area contributed by atoms with Gasteiger partial charge >= 0.3 is 0 Å². The standard InChI is InChI=1S/C25H27N2O/c1-16-8-11-22-24(20-10-9-17(2)26-25(20)28-22)23(16)21-15-19(12-13-27(21)3)14-18-6-4-5-7-18/h8-13,15,18H,4-7,14H2,1-3H3/q+1/i2D3. The first-order valence-corrected chi connectivity index (χ1v) is 10.1. The van der Waals surface area contributed by atoms with Gasteiger partial charge in [0.05, 0.1) is 5.56 Å². The lowest BCUT2D eigenvalue weighted by molar-refractivity contribution is -0.660. The van der Waals surface area contributed by atoms with E-state index in [1.165, 1.54) is 31.2 Å². The van der Waals surface area contributed by atoms with Crippen molar-refractivity contribution < 1.29 is 13.1 Å². The minimum Gasteiger partial charge on any atom is -0.438 e. The molecule has 3 heterocycles. The number of pyridine rings is 2. The van der Waals surface area contributed by atoms with E-state index in [-0.39, 0.29) is 5.69 Å². The van der Waals surface area contributed by atoms with Crippen molar-refractivity contribution in [1.29, 1.82) is 0 Å². The van der Waals surface area contributed by atoms with Gasteiger partial charge in [0.15, 0.2) is 6.20 Å². The summed E-state index contributed by atoms with van der Waals surface area (Å²) in [5, 5.41) is 1.84. The van der Waals surface area contributed by atoms with Crippen LogP contribution in [0.15, 0.2) is 47.0 Å². The lowest BCUT2D eigenvalue weighted by Crippen LogP contribution is -2.31. The maximum absolute atomic E-state index is 7.66. The van der Waals surface area contributed by atoms with Gasteiger partial charge in [-0.1, -0.05) is 31.7 Å². The highest BCUT2D eigenvalue weighted by atomic mass is 16.3. The summed E-state index contributed by atoms with van der Waals surface area (Å²) in [6.07, 6.45) is 8.62. The van der Waals surface area contributed by atoms with Gasteiger partial charge in [-0.05, 0) is 55.4 Å². The third kappa shape index (κ3) is 2.90. The van der Waals surface area contributed by atoms with Crippen LogP contribution in [-0.2, 0) is 13.5 Å². The van der Waals surface area contributed by atoms with Crippen molar-refractivity contribution in [3.63, 3.8) is 0 Å². The van der Waals surface area contributed by atoms with Crippen LogP contribution in [0.25, 0.3) is 33.3 Å². The second kappa shape index (κ2) is 6.73. The Labute approximate surface area is 170 Å². The molecule has 1 aliphatic carbocycles. The molecular formula is C25H27N2O+. The Morgan fingerprint density at radius 2 is 2.04 bits per heavy atom. The third-order valence-electron chi connectivity index (χ3n) is 6.18. The van der Waals surface area contributed by atoms with Gasteiger partial charge in [0.25, 0.3) is 0 Å². The fourth-order valence-corrected chi connectivity index (χ4v) is 4.72. The van der Waals surface area contributed by atoms with Gasteiger partial charge in [-0.25, -0.2) is 9.55 Å². The molecule has 0 N–H and O–H groups in total. The largest absolute Gasteiger partial charge is 0.438 e. The summed E-state index contributed by atoms with van der Waals surface area (Å²) in [7, 11) is 2.07. The number of aromatic nitrogens is 2.